The van der Waals surface area contributed by atoms with Gasteiger partial charge in [0, 0.05) is 37.4 Å². The number of likely N-dealkylation sites (N-methyl/N-ethyl adjacent to an activating group) is 1. The maximum Gasteiger partial charge on any atom is 0.277 e. The first-order valence-electron chi connectivity index (χ1n) is 9.83. The summed E-state index contributed by atoms with van der Waals surface area (Å²) in [5.41, 5.74) is -0.635. The largest absolute Gasteiger partial charge is 0.486 e. The van der Waals surface area contributed by atoms with E-state index < -0.39 is 27.1 Å². The number of nitrogens with zero attached hydrogens (tertiary/aromatic N) is 5. The number of hydrogen-bond acceptors (Lipinski definition) is 10. The standard InChI is InChI=1S/C20H19N5O7S.ClH/c1-22(2)3-4-23(19(26)12-7-13(24(27)28)9-14(8-12)25(29)30)20-21-15-10-16-17(11-18(15)33-20)32-6-5-31-16;/h7-11H,3-6H2,1-2H3;1H. The van der Waals surface area contributed by atoms with Gasteiger partial charge in [-0.2, -0.15) is 0 Å². The number of rotatable bonds is 7. The highest BCUT2D eigenvalue weighted by Gasteiger charge is 2.27. The minimum Gasteiger partial charge on any atom is -0.486 e. The number of fused-ring (bicyclic) bond motifs is 2. The number of nitro groups is 2. The summed E-state index contributed by atoms with van der Waals surface area (Å²) in [4.78, 5) is 42.2. The number of hydrogen-bond donors (Lipinski definition) is 0. The molecule has 34 heavy (non-hydrogen) atoms. The summed E-state index contributed by atoms with van der Waals surface area (Å²) in [6.07, 6.45) is 0. The zero-order valence-corrected chi connectivity index (χ0v) is 19.8. The number of carbonyl (C=O) groups excluding carboxylic acids is 1. The van der Waals surface area contributed by atoms with Crippen molar-refractivity contribution in [3.8, 4) is 11.5 Å². The molecule has 0 N–H and O–H groups in total. The fourth-order valence-corrected chi connectivity index (χ4v) is 4.24. The number of aromatic nitrogens is 1. The number of carbonyl (C=O) groups is 1. The lowest BCUT2D eigenvalue weighted by molar-refractivity contribution is -0.394. The normalized spacial score (nSPS) is 12.3. The zero-order chi connectivity index (χ0) is 23.7. The Morgan fingerprint density at radius 3 is 2.15 bits per heavy atom. The van der Waals surface area contributed by atoms with Crippen LogP contribution >= 0.6 is 23.7 Å². The van der Waals surface area contributed by atoms with E-state index in [2.05, 4.69) is 4.98 Å². The molecule has 1 amide bonds. The molecule has 0 radical (unpaired) electrons. The van der Waals surface area contributed by atoms with Crippen molar-refractivity contribution in [1.82, 2.24) is 9.88 Å². The highest BCUT2D eigenvalue weighted by atomic mass is 35.5. The van der Waals surface area contributed by atoms with Crippen LogP contribution in [0, 0.1) is 20.2 Å². The first kappa shape index (κ1) is 25.1. The second kappa shape index (κ2) is 10.2. The summed E-state index contributed by atoms with van der Waals surface area (Å²) in [6, 6.07) is 6.41. The third kappa shape index (κ3) is 5.16. The summed E-state index contributed by atoms with van der Waals surface area (Å²) in [5.74, 6) is 0.524. The smallest absolute Gasteiger partial charge is 0.277 e. The molecule has 0 atom stereocenters. The molecule has 0 saturated heterocycles. The Morgan fingerprint density at radius 1 is 1.00 bits per heavy atom. The number of amides is 1. The van der Waals surface area contributed by atoms with Crippen molar-refractivity contribution >= 4 is 56.4 Å². The Labute approximate surface area is 203 Å². The van der Waals surface area contributed by atoms with Crippen molar-refractivity contribution in [2.24, 2.45) is 0 Å². The summed E-state index contributed by atoms with van der Waals surface area (Å²) < 4.78 is 12.0. The van der Waals surface area contributed by atoms with Crippen molar-refractivity contribution < 1.29 is 24.1 Å². The molecule has 2 heterocycles. The van der Waals surface area contributed by atoms with Crippen molar-refractivity contribution in [3.05, 3.63) is 56.1 Å². The minimum atomic E-state index is -0.768. The lowest BCUT2D eigenvalue weighted by atomic mass is 10.1. The number of halogens is 1. The molecule has 1 aromatic heterocycles. The first-order chi connectivity index (χ1) is 15.7. The third-order valence-electron chi connectivity index (χ3n) is 4.86. The summed E-state index contributed by atoms with van der Waals surface area (Å²) in [7, 11) is 3.67. The molecule has 12 nitrogen and oxygen atoms in total. The van der Waals surface area contributed by atoms with Crippen LogP contribution in [0.4, 0.5) is 16.5 Å². The first-order valence-corrected chi connectivity index (χ1v) is 10.7. The molecule has 3 aromatic rings. The van der Waals surface area contributed by atoms with Gasteiger partial charge in [-0.15, -0.1) is 12.4 Å². The van der Waals surface area contributed by atoms with Crippen LogP contribution in [-0.4, -0.2) is 66.0 Å². The molecular formula is C20H20ClN5O7S. The molecule has 4 rings (SSSR count). The average molecular weight is 510 g/mol. The van der Waals surface area contributed by atoms with E-state index in [1.54, 1.807) is 12.1 Å². The lowest BCUT2D eigenvalue weighted by Gasteiger charge is -2.22. The lowest BCUT2D eigenvalue weighted by Crippen LogP contribution is -2.36. The van der Waals surface area contributed by atoms with E-state index in [-0.39, 0.29) is 24.5 Å². The van der Waals surface area contributed by atoms with Gasteiger partial charge in [0.05, 0.1) is 31.7 Å². The van der Waals surface area contributed by atoms with E-state index in [0.717, 1.165) is 22.9 Å². The van der Waals surface area contributed by atoms with Gasteiger partial charge >= 0.3 is 0 Å². The Bertz CT molecular complexity index is 1190. The van der Waals surface area contributed by atoms with Gasteiger partial charge in [-0.1, -0.05) is 11.3 Å². The van der Waals surface area contributed by atoms with Gasteiger partial charge in [-0.25, -0.2) is 4.98 Å². The van der Waals surface area contributed by atoms with Crippen LogP contribution in [0.25, 0.3) is 10.2 Å². The van der Waals surface area contributed by atoms with Crippen molar-refractivity contribution in [1.29, 1.82) is 0 Å². The minimum absolute atomic E-state index is 0. The molecule has 0 unspecified atom stereocenters. The van der Waals surface area contributed by atoms with E-state index in [1.807, 2.05) is 19.0 Å². The highest BCUT2D eigenvalue weighted by molar-refractivity contribution is 7.22. The average Bonchev–Trinajstić information content (AvgIpc) is 3.19. The van der Waals surface area contributed by atoms with Gasteiger partial charge in [0.1, 0.15) is 13.2 Å². The van der Waals surface area contributed by atoms with Crippen LogP contribution in [0.2, 0.25) is 0 Å². The Morgan fingerprint density at radius 2 is 1.59 bits per heavy atom. The fraction of sp³-hybridized carbons (Fsp3) is 0.300. The van der Waals surface area contributed by atoms with Gasteiger partial charge in [0.25, 0.3) is 17.3 Å². The van der Waals surface area contributed by atoms with E-state index in [4.69, 9.17) is 9.47 Å². The molecule has 14 heteroatoms. The molecule has 180 valence electrons. The van der Waals surface area contributed by atoms with Crippen LogP contribution in [0.5, 0.6) is 11.5 Å². The third-order valence-corrected chi connectivity index (χ3v) is 5.90. The van der Waals surface area contributed by atoms with E-state index >= 15 is 0 Å². The number of non-ortho nitro benzene ring substituents is 2. The summed E-state index contributed by atoms with van der Waals surface area (Å²) >= 11 is 1.25. The Kier molecular flexibility index (Phi) is 7.49. The molecular weight excluding hydrogens is 490 g/mol. The quantitative estimate of drug-likeness (QED) is 0.345. The molecule has 0 aliphatic carbocycles. The van der Waals surface area contributed by atoms with Gasteiger partial charge in [-0.05, 0) is 14.1 Å². The molecule has 1 aliphatic rings. The topological polar surface area (TPSA) is 141 Å². The predicted octanol–water partition coefficient (Wildman–Crippen LogP) is 3.51. The Hall–Kier alpha value is -3.55. The summed E-state index contributed by atoms with van der Waals surface area (Å²) in [6.45, 7) is 1.55. The van der Waals surface area contributed by atoms with Crippen molar-refractivity contribution in [2.45, 2.75) is 0 Å². The summed E-state index contributed by atoms with van der Waals surface area (Å²) in [5, 5.41) is 22.9. The number of anilines is 1. The van der Waals surface area contributed by atoms with Crippen LogP contribution in [-0.2, 0) is 0 Å². The fourth-order valence-electron chi connectivity index (χ4n) is 3.24. The highest BCUT2D eigenvalue weighted by Crippen LogP contribution is 2.39. The van der Waals surface area contributed by atoms with Gasteiger partial charge in [-0.3, -0.25) is 29.9 Å². The monoisotopic (exact) mass is 509 g/mol. The van der Waals surface area contributed by atoms with Crippen LogP contribution in [0.1, 0.15) is 10.4 Å². The van der Waals surface area contributed by atoms with Gasteiger partial charge in [0.15, 0.2) is 16.6 Å². The van der Waals surface area contributed by atoms with Crippen LogP contribution in [0.15, 0.2) is 30.3 Å². The van der Waals surface area contributed by atoms with Crippen LogP contribution < -0.4 is 14.4 Å². The van der Waals surface area contributed by atoms with Gasteiger partial charge in [0.2, 0.25) is 0 Å². The van der Waals surface area contributed by atoms with Crippen LogP contribution in [0.3, 0.4) is 0 Å². The maximum atomic E-state index is 13.4. The number of ether oxygens (including phenoxy) is 2. The number of thiazole rings is 1. The maximum absolute atomic E-state index is 13.4. The van der Waals surface area contributed by atoms with E-state index in [0.29, 0.717) is 41.9 Å². The zero-order valence-electron chi connectivity index (χ0n) is 18.1. The van der Waals surface area contributed by atoms with Gasteiger partial charge < -0.3 is 14.4 Å². The molecule has 0 spiro atoms. The van der Waals surface area contributed by atoms with E-state index in [9.17, 15) is 25.0 Å². The second-order valence-corrected chi connectivity index (χ2v) is 8.48. The number of nitro benzene ring substituents is 2. The second-order valence-electron chi connectivity index (χ2n) is 7.47. The Balaban J connectivity index is 0.00000324. The SMILES string of the molecule is CN(C)CCN(C(=O)c1cc([N+](=O)[O-])cc([N+](=O)[O-])c1)c1nc2cc3c(cc2s1)OCCO3.Cl. The molecule has 2 aromatic carbocycles. The van der Waals surface area contributed by atoms with Crippen molar-refractivity contribution in [3.63, 3.8) is 0 Å². The predicted molar refractivity (Wildman–Crippen MR) is 128 cm³/mol. The number of benzene rings is 2. The molecule has 1 aliphatic heterocycles. The van der Waals surface area contributed by atoms with Crippen molar-refractivity contribution in [2.75, 3.05) is 45.3 Å². The molecule has 0 fully saturated rings. The molecule has 0 saturated carbocycles. The molecule has 0 bridgehead atoms. The van der Waals surface area contributed by atoms with E-state index in [1.165, 1.54) is 16.2 Å².